The van der Waals surface area contributed by atoms with Gasteiger partial charge in [0, 0.05) is 4.47 Å². The molecule has 0 bridgehead atoms. The SMILES string of the molecule is CC(C)CC(CC(=O)O)c1ccc(Br)cc1. The third kappa shape index (κ3) is 4.35. The Bertz CT molecular complexity index is 343. The number of carboxylic acids is 1. The topological polar surface area (TPSA) is 37.3 Å². The smallest absolute Gasteiger partial charge is 0.303 e. The first-order valence-electron chi connectivity index (χ1n) is 5.46. The van der Waals surface area contributed by atoms with Gasteiger partial charge in [-0.2, -0.15) is 0 Å². The van der Waals surface area contributed by atoms with Crippen LogP contribution < -0.4 is 0 Å². The van der Waals surface area contributed by atoms with E-state index >= 15 is 0 Å². The van der Waals surface area contributed by atoms with Gasteiger partial charge < -0.3 is 5.11 Å². The molecule has 0 saturated heterocycles. The molecule has 0 aliphatic carbocycles. The number of aliphatic carboxylic acids is 1. The second-order valence-corrected chi connectivity index (χ2v) is 5.39. The highest BCUT2D eigenvalue weighted by molar-refractivity contribution is 9.10. The number of carboxylic acid groups (broad SMARTS) is 1. The monoisotopic (exact) mass is 284 g/mol. The molecule has 0 fully saturated rings. The van der Waals surface area contributed by atoms with Gasteiger partial charge in [-0.3, -0.25) is 4.79 Å². The molecule has 0 aromatic heterocycles. The number of hydrogen-bond donors (Lipinski definition) is 1. The number of carbonyl (C=O) groups is 1. The molecule has 1 atom stereocenters. The summed E-state index contributed by atoms with van der Waals surface area (Å²) in [4.78, 5) is 10.8. The van der Waals surface area contributed by atoms with E-state index in [9.17, 15) is 4.79 Å². The van der Waals surface area contributed by atoms with Gasteiger partial charge in [0.2, 0.25) is 0 Å². The standard InChI is InChI=1S/C13H17BrO2/c1-9(2)7-11(8-13(15)16)10-3-5-12(14)6-4-10/h3-6,9,11H,7-8H2,1-2H3,(H,15,16). The fourth-order valence-electron chi connectivity index (χ4n) is 1.85. The summed E-state index contributed by atoms with van der Waals surface area (Å²) in [5.41, 5.74) is 1.11. The Labute approximate surface area is 105 Å². The molecular weight excluding hydrogens is 268 g/mol. The average molecular weight is 285 g/mol. The van der Waals surface area contributed by atoms with Crippen LogP contribution in [-0.4, -0.2) is 11.1 Å². The first-order chi connectivity index (χ1) is 7.49. The van der Waals surface area contributed by atoms with Crippen LogP contribution in [0.25, 0.3) is 0 Å². The highest BCUT2D eigenvalue weighted by Crippen LogP contribution is 2.28. The van der Waals surface area contributed by atoms with Crippen LogP contribution >= 0.6 is 15.9 Å². The van der Waals surface area contributed by atoms with Crippen molar-refractivity contribution in [3.8, 4) is 0 Å². The third-order valence-electron chi connectivity index (χ3n) is 2.52. The van der Waals surface area contributed by atoms with Crippen molar-refractivity contribution in [2.45, 2.75) is 32.6 Å². The maximum atomic E-state index is 10.8. The van der Waals surface area contributed by atoms with Crippen LogP contribution in [0.1, 0.15) is 38.2 Å². The Balaban J connectivity index is 2.82. The molecule has 0 saturated carbocycles. The fraction of sp³-hybridized carbons (Fsp3) is 0.462. The van der Waals surface area contributed by atoms with Crippen LogP contribution in [0.4, 0.5) is 0 Å². The molecule has 16 heavy (non-hydrogen) atoms. The molecular formula is C13H17BrO2. The Morgan fingerprint density at radius 1 is 1.31 bits per heavy atom. The van der Waals surface area contributed by atoms with Gasteiger partial charge >= 0.3 is 5.97 Å². The summed E-state index contributed by atoms with van der Waals surface area (Å²) in [6.07, 6.45) is 1.12. The molecule has 0 radical (unpaired) electrons. The van der Waals surface area contributed by atoms with Gasteiger partial charge in [-0.05, 0) is 36.0 Å². The van der Waals surface area contributed by atoms with Crippen LogP contribution in [-0.2, 0) is 4.79 Å². The quantitative estimate of drug-likeness (QED) is 0.886. The molecule has 1 aromatic rings. The minimum atomic E-state index is -0.728. The van der Waals surface area contributed by atoms with E-state index in [0.29, 0.717) is 5.92 Å². The molecule has 0 aliphatic heterocycles. The van der Waals surface area contributed by atoms with E-state index < -0.39 is 5.97 Å². The summed E-state index contributed by atoms with van der Waals surface area (Å²) >= 11 is 3.38. The van der Waals surface area contributed by atoms with E-state index in [0.717, 1.165) is 16.5 Å². The average Bonchev–Trinajstić information content (AvgIpc) is 2.16. The molecule has 1 unspecified atom stereocenters. The molecule has 0 amide bonds. The molecule has 0 aliphatic rings. The van der Waals surface area contributed by atoms with Gasteiger partial charge in [0.15, 0.2) is 0 Å². The molecule has 0 heterocycles. The summed E-state index contributed by atoms with van der Waals surface area (Å²) in [5, 5.41) is 8.90. The Morgan fingerprint density at radius 2 is 1.88 bits per heavy atom. The van der Waals surface area contributed by atoms with Crippen LogP contribution in [0.5, 0.6) is 0 Å². The minimum Gasteiger partial charge on any atom is -0.481 e. The van der Waals surface area contributed by atoms with Gasteiger partial charge in [0.1, 0.15) is 0 Å². The fourth-order valence-corrected chi connectivity index (χ4v) is 2.12. The molecule has 1 rings (SSSR count). The highest BCUT2D eigenvalue weighted by Gasteiger charge is 2.16. The van der Waals surface area contributed by atoms with Crippen LogP contribution in [0, 0.1) is 5.92 Å². The zero-order valence-corrected chi connectivity index (χ0v) is 11.2. The van der Waals surface area contributed by atoms with Crippen molar-refractivity contribution in [1.29, 1.82) is 0 Å². The normalized spacial score (nSPS) is 12.8. The predicted octanol–water partition coefficient (Wildman–Crippen LogP) is 4.05. The Hall–Kier alpha value is -0.830. The first-order valence-corrected chi connectivity index (χ1v) is 6.25. The highest BCUT2D eigenvalue weighted by atomic mass is 79.9. The van der Waals surface area contributed by atoms with E-state index in [1.54, 1.807) is 0 Å². The van der Waals surface area contributed by atoms with Crippen molar-refractivity contribution in [2.75, 3.05) is 0 Å². The lowest BCUT2D eigenvalue weighted by Crippen LogP contribution is -2.09. The minimum absolute atomic E-state index is 0.116. The van der Waals surface area contributed by atoms with Crippen LogP contribution in [0.15, 0.2) is 28.7 Å². The molecule has 2 nitrogen and oxygen atoms in total. The third-order valence-corrected chi connectivity index (χ3v) is 3.05. The van der Waals surface area contributed by atoms with Crippen LogP contribution in [0.3, 0.4) is 0 Å². The van der Waals surface area contributed by atoms with E-state index in [1.807, 2.05) is 24.3 Å². The number of halogens is 1. The molecule has 3 heteroatoms. The number of benzene rings is 1. The molecule has 0 spiro atoms. The zero-order valence-electron chi connectivity index (χ0n) is 9.61. The molecule has 88 valence electrons. The van der Waals surface area contributed by atoms with Crippen molar-refractivity contribution in [1.82, 2.24) is 0 Å². The molecule has 1 aromatic carbocycles. The van der Waals surface area contributed by atoms with E-state index in [1.165, 1.54) is 0 Å². The lowest BCUT2D eigenvalue weighted by molar-refractivity contribution is -0.137. The predicted molar refractivity (Wildman–Crippen MR) is 68.6 cm³/mol. The zero-order chi connectivity index (χ0) is 12.1. The van der Waals surface area contributed by atoms with Gasteiger partial charge in [-0.15, -0.1) is 0 Å². The van der Waals surface area contributed by atoms with Crippen molar-refractivity contribution in [3.63, 3.8) is 0 Å². The van der Waals surface area contributed by atoms with Crippen molar-refractivity contribution in [2.24, 2.45) is 5.92 Å². The second-order valence-electron chi connectivity index (χ2n) is 4.48. The van der Waals surface area contributed by atoms with Gasteiger partial charge in [0.25, 0.3) is 0 Å². The van der Waals surface area contributed by atoms with Gasteiger partial charge in [-0.25, -0.2) is 0 Å². The lowest BCUT2D eigenvalue weighted by atomic mass is 9.88. The van der Waals surface area contributed by atoms with E-state index in [2.05, 4.69) is 29.8 Å². The maximum Gasteiger partial charge on any atom is 0.303 e. The molecule has 1 N–H and O–H groups in total. The summed E-state index contributed by atoms with van der Waals surface area (Å²) < 4.78 is 1.02. The summed E-state index contributed by atoms with van der Waals surface area (Å²) in [6, 6.07) is 7.93. The number of rotatable bonds is 5. The van der Waals surface area contributed by atoms with Crippen molar-refractivity contribution < 1.29 is 9.90 Å². The van der Waals surface area contributed by atoms with Gasteiger partial charge in [0.05, 0.1) is 6.42 Å². The number of hydrogen-bond acceptors (Lipinski definition) is 1. The Kier molecular flexibility index (Phi) is 5.00. The summed E-state index contributed by atoms with van der Waals surface area (Å²) in [5.74, 6) is -0.104. The van der Waals surface area contributed by atoms with E-state index in [4.69, 9.17) is 5.11 Å². The summed E-state index contributed by atoms with van der Waals surface area (Å²) in [6.45, 7) is 4.24. The lowest BCUT2D eigenvalue weighted by Gasteiger charge is -2.17. The first kappa shape index (κ1) is 13.2. The maximum absolute atomic E-state index is 10.8. The largest absolute Gasteiger partial charge is 0.481 e. The van der Waals surface area contributed by atoms with Crippen molar-refractivity contribution in [3.05, 3.63) is 34.3 Å². The van der Waals surface area contributed by atoms with Gasteiger partial charge in [-0.1, -0.05) is 41.9 Å². The van der Waals surface area contributed by atoms with Crippen molar-refractivity contribution >= 4 is 21.9 Å². The van der Waals surface area contributed by atoms with E-state index in [-0.39, 0.29) is 12.3 Å². The Morgan fingerprint density at radius 3 is 2.31 bits per heavy atom. The second kappa shape index (κ2) is 6.04. The summed E-state index contributed by atoms with van der Waals surface area (Å²) in [7, 11) is 0. The van der Waals surface area contributed by atoms with Crippen LogP contribution in [0.2, 0.25) is 0 Å².